The first-order valence-electron chi connectivity index (χ1n) is 5.25. The molecule has 0 amide bonds. The fraction of sp³-hybridized carbons (Fsp3) is 0.778. The quantitative estimate of drug-likeness (QED) is 0.721. The maximum Gasteiger partial charge on any atom is 0.233 e. The number of hydrogen-bond donors (Lipinski definition) is 3. The number of nitrogens with one attached hydrogen (secondary N) is 1. The third kappa shape index (κ3) is 3.04. The zero-order chi connectivity index (χ0) is 10.7. The van der Waals surface area contributed by atoms with Gasteiger partial charge in [0, 0.05) is 18.1 Å². The Morgan fingerprint density at radius 1 is 1.40 bits per heavy atom. The number of nitrogens with zero attached hydrogens (tertiary/aromatic N) is 2. The Balaban J connectivity index is 1.74. The van der Waals surface area contributed by atoms with Crippen LogP contribution in [0.2, 0.25) is 0 Å². The van der Waals surface area contributed by atoms with Crippen molar-refractivity contribution in [3.63, 3.8) is 0 Å². The van der Waals surface area contributed by atoms with Crippen molar-refractivity contribution in [1.29, 1.82) is 0 Å². The van der Waals surface area contributed by atoms with Crippen molar-refractivity contribution < 1.29 is 5.11 Å². The molecule has 1 saturated carbocycles. The van der Waals surface area contributed by atoms with Crippen molar-refractivity contribution in [1.82, 2.24) is 9.36 Å². The van der Waals surface area contributed by atoms with E-state index in [1.807, 2.05) is 0 Å². The molecule has 1 aromatic rings. The predicted octanol–water partition coefficient (Wildman–Crippen LogP) is 1.08. The van der Waals surface area contributed by atoms with Crippen LogP contribution in [0.5, 0.6) is 0 Å². The van der Waals surface area contributed by atoms with Gasteiger partial charge in [-0.2, -0.15) is 9.36 Å². The molecule has 0 atom stereocenters. The van der Waals surface area contributed by atoms with Crippen molar-refractivity contribution in [3.8, 4) is 0 Å². The second kappa shape index (κ2) is 4.76. The van der Waals surface area contributed by atoms with Gasteiger partial charge in [-0.1, -0.05) is 0 Å². The van der Waals surface area contributed by atoms with E-state index < -0.39 is 0 Å². The molecule has 1 fully saturated rings. The largest absolute Gasteiger partial charge is 0.393 e. The van der Waals surface area contributed by atoms with Crippen molar-refractivity contribution in [2.75, 3.05) is 17.6 Å². The summed E-state index contributed by atoms with van der Waals surface area (Å²) >= 11 is 1.29. The van der Waals surface area contributed by atoms with Crippen LogP contribution in [0.4, 0.5) is 11.1 Å². The van der Waals surface area contributed by atoms with Gasteiger partial charge in [0.2, 0.25) is 11.1 Å². The molecule has 0 bridgehead atoms. The summed E-state index contributed by atoms with van der Waals surface area (Å²) in [6, 6.07) is 0. The highest BCUT2D eigenvalue weighted by Crippen LogP contribution is 2.24. The summed E-state index contributed by atoms with van der Waals surface area (Å²) in [5.41, 5.74) is 5.42. The molecule has 2 rings (SSSR count). The lowest BCUT2D eigenvalue weighted by Crippen LogP contribution is -2.23. The van der Waals surface area contributed by atoms with Gasteiger partial charge in [-0.15, -0.1) is 0 Å². The van der Waals surface area contributed by atoms with E-state index >= 15 is 0 Å². The van der Waals surface area contributed by atoms with E-state index in [0.717, 1.165) is 37.4 Å². The molecule has 0 saturated heterocycles. The number of hydrogen-bond acceptors (Lipinski definition) is 6. The SMILES string of the molecule is Nc1nsc(NCC2CCC(O)CC2)n1. The first-order chi connectivity index (χ1) is 7.24. The van der Waals surface area contributed by atoms with Crippen molar-refractivity contribution in [2.45, 2.75) is 31.8 Å². The minimum Gasteiger partial charge on any atom is -0.393 e. The zero-order valence-corrected chi connectivity index (χ0v) is 9.33. The van der Waals surface area contributed by atoms with Gasteiger partial charge in [0.1, 0.15) is 0 Å². The average Bonchev–Trinajstić information content (AvgIpc) is 2.64. The van der Waals surface area contributed by atoms with Gasteiger partial charge in [0.15, 0.2) is 0 Å². The van der Waals surface area contributed by atoms with E-state index in [9.17, 15) is 5.11 Å². The molecule has 1 heterocycles. The summed E-state index contributed by atoms with van der Waals surface area (Å²) in [5, 5.41) is 13.4. The van der Waals surface area contributed by atoms with Crippen LogP contribution in [0, 0.1) is 5.92 Å². The number of rotatable bonds is 3. The van der Waals surface area contributed by atoms with Gasteiger partial charge in [0.05, 0.1) is 6.10 Å². The maximum atomic E-state index is 9.36. The second-order valence-corrected chi connectivity index (χ2v) is 4.77. The monoisotopic (exact) mass is 228 g/mol. The lowest BCUT2D eigenvalue weighted by atomic mass is 9.87. The third-order valence-electron chi connectivity index (χ3n) is 2.80. The van der Waals surface area contributed by atoms with Crippen LogP contribution >= 0.6 is 11.5 Å². The molecule has 1 aliphatic carbocycles. The predicted molar refractivity (Wildman–Crippen MR) is 60.8 cm³/mol. The third-order valence-corrected chi connectivity index (χ3v) is 3.49. The molecular formula is C9H16N4OS. The molecule has 1 aliphatic rings. The van der Waals surface area contributed by atoms with E-state index in [1.54, 1.807) is 0 Å². The second-order valence-electron chi connectivity index (χ2n) is 4.01. The topological polar surface area (TPSA) is 84.1 Å². The van der Waals surface area contributed by atoms with Crippen molar-refractivity contribution in [3.05, 3.63) is 0 Å². The normalized spacial score (nSPS) is 26.5. The number of nitrogens with two attached hydrogens (primary N) is 1. The molecular weight excluding hydrogens is 212 g/mol. The van der Waals surface area contributed by atoms with E-state index in [2.05, 4.69) is 14.7 Å². The Labute approximate surface area is 92.9 Å². The van der Waals surface area contributed by atoms with Gasteiger partial charge in [-0.3, -0.25) is 0 Å². The molecule has 1 aromatic heterocycles. The van der Waals surface area contributed by atoms with E-state index in [-0.39, 0.29) is 6.10 Å². The van der Waals surface area contributed by atoms with Crippen LogP contribution in [0.15, 0.2) is 0 Å². The average molecular weight is 228 g/mol. The first kappa shape index (κ1) is 10.6. The lowest BCUT2D eigenvalue weighted by Gasteiger charge is -2.25. The number of anilines is 2. The van der Waals surface area contributed by atoms with E-state index in [4.69, 9.17) is 5.73 Å². The first-order valence-corrected chi connectivity index (χ1v) is 6.02. The molecule has 5 nitrogen and oxygen atoms in total. The molecule has 4 N–H and O–H groups in total. The van der Waals surface area contributed by atoms with Gasteiger partial charge in [0.25, 0.3) is 0 Å². The van der Waals surface area contributed by atoms with Gasteiger partial charge < -0.3 is 16.2 Å². The summed E-state index contributed by atoms with van der Waals surface area (Å²) in [7, 11) is 0. The fourth-order valence-corrected chi connectivity index (χ4v) is 2.39. The van der Waals surface area contributed by atoms with Gasteiger partial charge in [-0.05, 0) is 31.6 Å². The Morgan fingerprint density at radius 2 is 2.13 bits per heavy atom. The van der Waals surface area contributed by atoms with Crippen molar-refractivity contribution in [2.24, 2.45) is 5.92 Å². The highest BCUT2D eigenvalue weighted by molar-refractivity contribution is 7.09. The Bertz CT molecular complexity index is 309. The molecule has 0 aliphatic heterocycles. The van der Waals surface area contributed by atoms with E-state index in [1.165, 1.54) is 11.5 Å². The van der Waals surface area contributed by atoms with Crippen LogP contribution in [-0.4, -0.2) is 27.1 Å². The molecule has 0 unspecified atom stereocenters. The van der Waals surface area contributed by atoms with Crippen molar-refractivity contribution >= 4 is 22.6 Å². The smallest absolute Gasteiger partial charge is 0.233 e. The number of aromatic nitrogens is 2. The highest BCUT2D eigenvalue weighted by Gasteiger charge is 2.19. The van der Waals surface area contributed by atoms with E-state index in [0.29, 0.717) is 11.9 Å². The summed E-state index contributed by atoms with van der Waals surface area (Å²) in [6.45, 7) is 0.904. The van der Waals surface area contributed by atoms with Gasteiger partial charge >= 0.3 is 0 Å². The van der Waals surface area contributed by atoms with Crippen LogP contribution < -0.4 is 11.1 Å². The Hall–Kier alpha value is -0.880. The van der Waals surface area contributed by atoms with Gasteiger partial charge in [-0.25, -0.2) is 0 Å². The summed E-state index contributed by atoms with van der Waals surface area (Å²) in [4.78, 5) is 4.03. The lowest BCUT2D eigenvalue weighted by molar-refractivity contribution is 0.111. The standard InChI is InChI=1S/C9H16N4OS/c10-8-12-9(15-13-8)11-5-6-1-3-7(14)4-2-6/h6-7,14H,1-5H2,(H3,10,11,12,13). The fourth-order valence-electron chi connectivity index (χ4n) is 1.89. The van der Waals surface area contributed by atoms with Crippen LogP contribution in [-0.2, 0) is 0 Å². The minimum absolute atomic E-state index is 0.0848. The molecule has 0 spiro atoms. The molecule has 0 radical (unpaired) electrons. The van der Waals surface area contributed by atoms with Crippen LogP contribution in [0.1, 0.15) is 25.7 Å². The zero-order valence-electron chi connectivity index (χ0n) is 8.52. The Kier molecular flexibility index (Phi) is 3.37. The Morgan fingerprint density at radius 3 is 2.73 bits per heavy atom. The number of nitrogen functional groups attached to an aromatic ring is 1. The number of aliphatic hydroxyl groups is 1. The van der Waals surface area contributed by atoms with Crippen LogP contribution in [0.25, 0.3) is 0 Å². The summed E-state index contributed by atoms with van der Waals surface area (Å²) in [5.74, 6) is 0.972. The molecule has 84 valence electrons. The molecule has 0 aromatic carbocycles. The minimum atomic E-state index is -0.0848. The molecule has 15 heavy (non-hydrogen) atoms. The molecule has 6 heteroatoms. The van der Waals surface area contributed by atoms with Crippen LogP contribution in [0.3, 0.4) is 0 Å². The maximum absolute atomic E-state index is 9.36. The summed E-state index contributed by atoms with van der Waals surface area (Å²) in [6.07, 6.45) is 3.93. The highest BCUT2D eigenvalue weighted by atomic mass is 32.1. The summed E-state index contributed by atoms with van der Waals surface area (Å²) < 4.78 is 3.90. The number of aliphatic hydroxyl groups excluding tert-OH is 1.